The molecule has 20 heavy (non-hydrogen) atoms. The van der Waals surface area contributed by atoms with Gasteiger partial charge in [0.15, 0.2) is 0 Å². The molecule has 0 aliphatic carbocycles. The fourth-order valence-corrected chi connectivity index (χ4v) is 2.24. The molecular formula is C13H15N5O2. The van der Waals surface area contributed by atoms with Gasteiger partial charge in [0.2, 0.25) is 5.82 Å². The van der Waals surface area contributed by atoms with Gasteiger partial charge in [0.1, 0.15) is 17.9 Å². The zero-order valence-electron chi connectivity index (χ0n) is 11.4. The van der Waals surface area contributed by atoms with Gasteiger partial charge in [-0.25, -0.2) is 0 Å². The summed E-state index contributed by atoms with van der Waals surface area (Å²) in [6.45, 7) is 2.31. The molecule has 104 valence electrons. The Bertz CT molecular complexity index is 654. The van der Waals surface area contributed by atoms with Gasteiger partial charge < -0.3 is 18.7 Å². The molecule has 0 aromatic carbocycles. The minimum absolute atomic E-state index is 0.165. The fourth-order valence-electron chi connectivity index (χ4n) is 2.24. The number of nitriles is 1. The van der Waals surface area contributed by atoms with E-state index in [9.17, 15) is 0 Å². The molecule has 1 unspecified atom stereocenters. The first kappa shape index (κ1) is 12.8. The molecule has 0 bridgehead atoms. The summed E-state index contributed by atoms with van der Waals surface area (Å²) < 4.78 is 12.7. The molecule has 1 atom stereocenters. The van der Waals surface area contributed by atoms with E-state index in [1.165, 1.54) is 0 Å². The lowest BCUT2D eigenvalue weighted by Gasteiger charge is -2.27. The molecule has 3 rings (SSSR count). The molecule has 2 aromatic rings. The molecule has 0 N–H and O–H groups in total. The van der Waals surface area contributed by atoms with Crippen LogP contribution in [-0.4, -0.2) is 46.4 Å². The van der Waals surface area contributed by atoms with E-state index in [2.05, 4.69) is 21.1 Å². The molecule has 2 aromatic heterocycles. The average molecular weight is 273 g/mol. The number of aryl methyl sites for hydroxylation is 1. The van der Waals surface area contributed by atoms with Gasteiger partial charge in [0, 0.05) is 26.3 Å². The van der Waals surface area contributed by atoms with E-state index < -0.39 is 0 Å². The van der Waals surface area contributed by atoms with Crippen molar-refractivity contribution < 1.29 is 9.26 Å². The molecule has 3 heterocycles. The normalized spacial score (nSPS) is 19.9. The van der Waals surface area contributed by atoms with Gasteiger partial charge in [0.05, 0.1) is 12.2 Å². The van der Waals surface area contributed by atoms with E-state index in [1.54, 1.807) is 16.8 Å². The topological polar surface area (TPSA) is 80.1 Å². The van der Waals surface area contributed by atoms with Crippen LogP contribution >= 0.6 is 0 Å². The molecule has 1 aliphatic heterocycles. The molecule has 0 radical (unpaired) electrons. The van der Waals surface area contributed by atoms with Crippen LogP contribution in [0, 0.1) is 11.3 Å². The number of ether oxygens (including phenoxy) is 1. The Kier molecular flexibility index (Phi) is 3.26. The molecule has 7 nitrogen and oxygen atoms in total. The van der Waals surface area contributed by atoms with E-state index in [0.717, 1.165) is 18.8 Å². The van der Waals surface area contributed by atoms with Crippen molar-refractivity contribution in [2.24, 2.45) is 7.05 Å². The van der Waals surface area contributed by atoms with Gasteiger partial charge in [-0.3, -0.25) is 0 Å². The quantitative estimate of drug-likeness (QED) is 0.810. The Balaban J connectivity index is 1.86. The predicted molar refractivity (Wildman–Crippen MR) is 69.6 cm³/mol. The van der Waals surface area contributed by atoms with Gasteiger partial charge in [-0.15, -0.1) is 0 Å². The highest BCUT2D eigenvalue weighted by atomic mass is 16.5. The summed E-state index contributed by atoms with van der Waals surface area (Å²) in [4.78, 5) is 6.55. The highest BCUT2D eigenvalue weighted by Crippen LogP contribution is 2.24. The van der Waals surface area contributed by atoms with Crippen LogP contribution in [0.15, 0.2) is 16.8 Å². The third-order valence-electron chi connectivity index (χ3n) is 3.35. The van der Waals surface area contributed by atoms with Crippen LogP contribution < -0.4 is 0 Å². The van der Waals surface area contributed by atoms with Gasteiger partial charge in [-0.1, -0.05) is 5.16 Å². The number of hydrogen-bond donors (Lipinski definition) is 0. The highest BCUT2D eigenvalue weighted by molar-refractivity contribution is 5.52. The van der Waals surface area contributed by atoms with Crippen molar-refractivity contribution in [2.45, 2.75) is 6.10 Å². The summed E-state index contributed by atoms with van der Waals surface area (Å²) in [5, 5.41) is 12.9. The van der Waals surface area contributed by atoms with Gasteiger partial charge >= 0.3 is 0 Å². The fraction of sp³-hybridized carbons (Fsp3) is 0.462. The smallest absolute Gasteiger partial charge is 0.274 e. The van der Waals surface area contributed by atoms with Crippen LogP contribution in [0.3, 0.4) is 0 Å². The zero-order valence-corrected chi connectivity index (χ0v) is 11.4. The van der Waals surface area contributed by atoms with Gasteiger partial charge in [-0.2, -0.15) is 10.2 Å². The Labute approximate surface area is 116 Å². The van der Waals surface area contributed by atoms with Crippen molar-refractivity contribution in [1.29, 1.82) is 5.26 Å². The maximum absolute atomic E-state index is 8.91. The SMILES string of the molecule is CN1CCOC(c2noc(-c3cc(C#N)cn3C)n2)C1. The van der Waals surface area contributed by atoms with Crippen LogP contribution in [-0.2, 0) is 11.8 Å². The minimum Gasteiger partial charge on any atom is -0.367 e. The predicted octanol–water partition coefficient (Wildman–Crippen LogP) is 0.950. The Hall–Kier alpha value is -2.17. The van der Waals surface area contributed by atoms with Crippen molar-refractivity contribution in [1.82, 2.24) is 19.6 Å². The van der Waals surface area contributed by atoms with Gasteiger partial charge in [0.25, 0.3) is 5.89 Å². The second-order valence-electron chi connectivity index (χ2n) is 4.92. The maximum atomic E-state index is 8.91. The summed E-state index contributed by atoms with van der Waals surface area (Å²) in [5.41, 5.74) is 1.29. The molecule has 1 saturated heterocycles. The third kappa shape index (κ3) is 2.31. The van der Waals surface area contributed by atoms with Crippen LogP contribution in [0.25, 0.3) is 11.6 Å². The number of aromatic nitrogens is 3. The molecule has 7 heteroatoms. The standard InChI is InChI=1S/C13H15N5O2/c1-17-3-4-19-11(8-17)12-15-13(20-16-12)10-5-9(6-14)7-18(10)2/h5,7,11H,3-4,8H2,1-2H3. The number of hydrogen-bond acceptors (Lipinski definition) is 6. The van der Waals surface area contributed by atoms with Crippen LogP contribution in [0.2, 0.25) is 0 Å². The van der Waals surface area contributed by atoms with Crippen molar-refractivity contribution in [3.8, 4) is 17.7 Å². The highest BCUT2D eigenvalue weighted by Gasteiger charge is 2.25. The molecular weight excluding hydrogens is 258 g/mol. The maximum Gasteiger partial charge on any atom is 0.274 e. The largest absolute Gasteiger partial charge is 0.367 e. The molecule has 0 amide bonds. The Morgan fingerprint density at radius 2 is 2.30 bits per heavy atom. The van der Waals surface area contributed by atoms with Crippen LogP contribution in [0.4, 0.5) is 0 Å². The van der Waals surface area contributed by atoms with Crippen LogP contribution in [0.5, 0.6) is 0 Å². The minimum atomic E-state index is -0.165. The third-order valence-corrected chi connectivity index (χ3v) is 3.35. The molecule has 0 saturated carbocycles. The number of rotatable bonds is 2. The Morgan fingerprint density at radius 3 is 3.00 bits per heavy atom. The summed E-state index contributed by atoms with van der Waals surface area (Å²) in [6.07, 6.45) is 1.56. The molecule has 0 spiro atoms. The van der Waals surface area contributed by atoms with Gasteiger partial charge in [-0.05, 0) is 13.1 Å². The summed E-state index contributed by atoms with van der Waals surface area (Å²) in [7, 11) is 3.87. The first-order valence-corrected chi connectivity index (χ1v) is 6.38. The molecule has 1 fully saturated rings. The second kappa shape index (κ2) is 5.07. The van der Waals surface area contributed by atoms with E-state index in [0.29, 0.717) is 23.9 Å². The van der Waals surface area contributed by atoms with E-state index in [1.807, 2.05) is 14.1 Å². The van der Waals surface area contributed by atoms with Crippen molar-refractivity contribution in [3.05, 3.63) is 23.7 Å². The van der Waals surface area contributed by atoms with E-state index in [-0.39, 0.29) is 6.10 Å². The molecule has 1 aliphatic rings. The number of nitrogens with zero attached hydrogens (tertiary/aromatic N) is 5. The average Bonchev–Trinajstić information content (AvgIpc) is 3.05. The second-order valence-corrected chi connectivity index (χ2v) is 4.92. The van der Waals surface area contributed by atoms with Crippen molar-refractivity contribution in [2.75, 3.05) is 26.7 Å². The Morgan fingerprint density at radius 1 is 1.45 bits per heavy atom. The van der Waals surface area contributed by atoms with Crippen LogP contribution in [0.1, 0.15) is 17.5 Å². The lowest BCUT2D eigenvalue weighted by molar-refractivity contribution is -0.0264. The van der Waals surface area contributed by atoms with Crippen molar-refractivity contribution >= 4 is 0 Å². The summed E-state index contributed by atoms with van der Waals surface area (Å²) >= 11 is 0. The summed E-state index contributed by atoms with van der Waals surface area (Å²) in [5.74, 6) is 0.951. The van der Waals surface area contributed by atoms with E-state index >= 15 is 0 Å². The zero-order chi connectivity index (χ0) is 14.1. The lowest BCUT2D eigenvalue weighted by Crippen LogP contribution is -2.35. The monoisotopic (exact) mass is 273 g/mol. The first-order chi connectivity index (χ1) is 9.67. The first-order valence-electron chi connectivity index (χ1n) is 6.38. The number of likely N-dealkylation sites (N-methyl/N-ethyl adjacent to an activating group) is 1. The van der Waals surface area contributed by atoms with E-state index in [4.69, 9.17) is 14.5 Å². The summed E-state index contributed by atoms with van der Waals surface area (Å²) in [6, 6.07) is 3.82. The lowest BCUT2D eigenvalue weighted by atomic mass is 10.2. The van der Waals surface area contributed by atoms with Crippen molar-refractivity contribution in [3.63, 3.8) is 0 Å². The number of morpholine rings is 1.